The average molecular weight is 261 g/mol. The fraction of sp³-hybridized carbons (Fsp3) is 0.647. The molecule has 0 atom stereocenters. The fourth-order valence-electron chi connectivity index (χ4n) is 2.69. The van der Waals surface area contributed by atoms with E-state index in [1.54, 1.807) is 0 Å². The monoisotopic (exact) mass is 261 g/mol. The Balaban J connectivity index is 1.50. The summed E-state index contributed by atoms with van der Waals surface area (Å²) in [5.74, 6) is 1.01. The van der Waals surface area contributed by atoms with Crippen molar-refractivity contribution in [1.82, 2.24) is 4.90 Å². The van der Waals surface area contributed by atoms with Gasteiger partial charge in [0.05, 0.1) is 6.61 Å². The zero-order chi connectivity index (χ0) is 13.3. The van der Waals surface area contributed by atoms with Gasteiger partial charge in [0.25, 0.3) is 0 Å². The van der Waals surface area contributed by atoms with Crippen LogP contribution in [0.2, 0.25) is 0 Å². The summed E-state index contributed by atoms with van der Waals surface area (Å²) in [6.45, 7) is 6.87. The molecule has 1 fully saturated rings. The van der Waals surface area contributed by atoms with Crippen molar-refractivity contribution in [2.45, 2.75) is 45.4 Å². The molecule has 1 aromatic rings. The number of unbranched alkanes of at least 4 members (excludes halogenated alkanes) is 2. The Labute approximate surface area is 117 Å². The van der Waals surface area contributed by atoms with Crippen LogP contribution in [0.3, 0.4) is 0 Å². The van der Waals surface area contributed by atoms with Crippen molar-refractivity contribution < 1.29 is 4.74 Å². The highest BCUT2D eigenvalue weighted by Crippen LogP contribution is 2.13. The van der Waals surface area contributed by atoms with Crippen molar-refractivity contribution in [1.29, 1.82) is 0 Å². The van der Waals surface area contributed by atoms with Crippen molar-refractivity contribution in [3.63, 3.8) is 0 Å². The van der Waals surface area contributed by atoms with E-state index in [1.807, 2.05) is 6.07 Å². The second-order valence-electron chi connectivity index (χ2n) is 5.63. The Hall–Kier alpha value is -1.02. The lowest BCUT2D eigenvalue weighted by Crippen LogP contribution is -2.30. The predicted molar refractivity (Wildman–Crippen MR) is 80.8 cm³/mol. The summed E-state index contributed by atoms with van der Waals surface area (Å²) in [4.78, 5) is 2.62. The Kier molecular flexibility index (Phi) is 6.22. The lowest BCUT2D eigenvalue weighted by atomic mass is 10.1. The molecule has 0 aromatic heterocycles. The van der Waals surface area contributed by atoms with Gasteiger partial charge in [0.2, 0.25) is 0 Å². The average Bonchev–Trinajstić information content (AvgIpc) is 2.44. The minimum atomic E-state index is 0.851. The lowest BCUT2D eigenvalue weighted by Gasteiger charge is -2.26. The molecular weight excluding hydrogens is 234 g/mol. The van der Waals surface area contributed by atoms with Crippen molar-refractivity contribution in [2.24, 2.45) is 0 Å². The van der Waals surface area contributed by atoms with Crippen molar-refractivity contribution >= 4 is 0 Å². The zero-order valence-corrected chi connectivity index (χ0v) is 12.2. The zero-order valence-electron chi connectivity index (χ0n) is 12.2. The van der Waals surface area contributed by atoms with Gasteiger partial charge in [0, 0.05) is 0 Å². The summed E-state index contributed by atoms with van der Waals surface area (Å²) >= 11 is 0. The first-order valence-corrected chi connectivity index (χ1v) is 7.76. The first kappa shape index (κ1) is 14.4. The highest BCUT2D eigenvalue weighted by molar-refractivity contribution is 5.27. The van der Waals surface area contributed by atoms with Gasteiger partial charge >= 0.3 is 0 Å². The van der Waals surface area contributed by atoms with Crippen LogP contribution in [0.25, 0.3) is 0 Å². The molecule has 1 aromatic carbocycles. The molecule has 0 bridgehead atoms. The number of piperidine rings is 1. The number of likely N-dealkylation sites (tertiary alicyclic amines) is 1. The van der Waals surface area contributed by atoms with Gasteiger partial charge in [-0.2, -0.15) is 0 Å². The second-order valence-corrected chi connectivity index (χ2v) is 5.63. The Morgan fingerprint density at radius 2 is 1.89 bits per heavy atom. The number of aryl methyl sites for hydroxylation is 1. The quantitative estimate of drug-likeness (QED) is 0.687. The highest BCUT2D eigenvalue weighted by atomic mass is 16.5. The normalized spacial score (nSPS) is 16.5. The summed E-state index contributed by atoms with van der Waals surface area (Å²) in [7, 11) is 0. The molecule has 19 heavy (non-hydrogen) atoms. The number of hydrogen-bond acceptors (Lipinski definition) is 2. The Morgan fingerprint density at radius 1 is 1.05 bits per heavy atom. The second kappa shape index (κ2) is 8.21. The third-order valence-electron chi connectivity index (χ3n) is 3.83. The summed E-state index contributed by atoms with van der Waals surface area (Å²) in [6, 6.07) is 8.31. The van der Waals surface area contributed by atoms with Crippen LogP contribution in [0.5, 0.6) is 5.75 Å². The van der Waals surface area contributed by atoms with E-state index in [2.05, 4.69) is 30.0 Å². The molecule has 2 nitrogen and oxygen atoms in total. The van der Waals surface area contributed by atoms with Crippen molar-refractivity contribution in [3.05, 3.63) is 29.8 Å². The molecule has 0 spiro atoms. The van der Waals surface area contributed by atoms with Crippen LogP contribution in [-0.4, -0.2) is 31.1 Å². The summed E-state index contributed by atoms with van der Waals surface area (Å²) < 4.78 is 5.77. The van der Waals surface area contributed by atoms with E-state index in [9.17, 15) is 0 Å². The lowest BCUT2D eigenvalue weighted by molar-refractivity contribution is 0.221. The summed E-state index contributed by atoms with van der Waals surface area (Å²) in [5, 5.41) is 0. The van der Waals surface area contributed by atoms with Gasteiger partial charge in [-0.05, 0) is 76.4 Å². The van der Waals surface area contributed by atoms with Crippen molar-refractivity contribution in [3.8, 4) is 5.75 Å². The predicted octanol–water partition coefficient (Wildman–Crippen LogP) is 4.03. The molecule has 0 N–H and O–H groups in total. The minimum absolute atomic E-state index is 0.851. The Morgan fingerprint density at radius 3 is 2.68 bits per heavy atom. The van der Waals surface area contributed by atoms with Gasteiger partial charge in [-0.25, -0.2) is 0 Å². The molecule has 1 saturated heterocycles. The van der Waals surface area contributed by atoms with E-state index in [0.717, 1.165) is 12.4 Å². The molecule has 0 aliphatic carbocycles. The molecule has 0 radical (unpaired) electrons. The van der Waals surface area contributed by atoms with E-state index < -0.39 is 0 Å². The molecule has 1 aliphatic heterocycles. The molecule has 1 heterocycles. The fourth-order valence-corrected chi connectivity index (χ4v) is 2.69. The van der Waals surface area contributed by atoms with Crippen LogP contribution < -0.4 is 4.74 Å². The topological polar surface area (TPSA) is 12.5 Å². The molecule has 0 amide bonds. The highest BCUT2D eigenvalue weighted by Gasteiger charge is 2.08. The van der Waals surface area contributed by atoms with Crippen LogP contribution >= 0.6 is 0 Å². The molecule has 0 unspecified atom stereocenters. The van der Waals surface area contributed by atoms with E-state index in [1.165, 1.54) is 63.7 Å². The maximum Gasteiger partial charge on any atom is 0.119 e. The maximum absolute atomic E-state index is 5.77. The van der Waals surface area contributed by atoms with Gasteiger partial charge in [0.15, 0.2) is 0 Å². The third kappa shape index (κ3) is 5.65. The summed E-state index contributed by atoms with van der Waals surface area (Å²) in [6.07, 6.45) is 8.00. The van der Waals surface area contributed by atoms with Gasteiger partial charge in [-0.3, -0.25) is 0 Å². The summed E-state index contributed by atoms with van der Waals surface area (Å²) in [5.41, 5.74) is 1.27. The number of benzene rings is 1. The van der Waals surface area contributed by atoms with Gasteiger partial charge in [-0.1, -0.05) is 18.6 Å². The van der Waals surface area contributed by atoms with Gasteiger partial charge in [0.1, 0.15) is 5.75 Å². The van der Waals surface area contributed by atoms with E-state index in [0.29, 0.717) is 0 Å². The van der Waals surface area contributed by atoms with Crippen LogP contribution in [0.4, 0.5) is 0 Å². The Bertz CT molecular complexity index is 358. The first-order chi connectivity index (χ1) is 9.34. The largest absolute Gasteiger partial charge is 0.494 e. The number of nitrogens with zero attached hydrogens (tertiary/aromatic N) is 1. The maximum atomic E-state index is 5.77. The number of ether oxygens (including phenoxy) is 1. The minimum Gasteiger partial charge on any atom is -0.494 e. The van der Waals surface area contributed by atoms with Gasteiger partial charge in [-0.15, -0.1) is 0 Å². The third-order valence-corrected chi connectivity index (χ3v) is 3.83. The smallest absolute Gasteiger partial charge is 0.119 e. The van der Waals surface area contributed by atoms with E-state index in [-0.39, 0.29) is 0 Å². The molecule has 1 aliphatic rings. The SMILES string of the molecule is Cc1cccc(OCCCCCN2CCCCC2)c1. The standard InChI is InChI=1S/C17H27NO/c1-16-9-8-10-17(15-16)19-14-7-3-6-13-18-11-4-2-5-12-18/h8-10,15H,2-7,11-14H2,1H3. The van der Waals surface area contributed by atoms with Crippen LogP contribution in [0, 0.1) is 6.92 Å². The van der Waals surface area contributed by atoms with Crippen LogP contribution in [0.1, 0.15) is 44.1 Å². The molecule has 0 saturated carbocycles. The number of rotatable bonds is 7. The van der Waals surface area contributed by atoms with Gasteiger partial charge < -0.3 is 9.64 Å². The molecule has 2 rings (SSSR count). The van der Waals surface area contributed by atoms with E-state index >= 15 is 0 Å². The molecule has 106 valence electrons. The van der Waals surface area contributed by atoms with E-state index in [4.69, 9.17) is 4.74 Å². The molecular formula is C17H27NO. The van der Waals surface area contributed by atoms with Crippen LogP contribution in [-0.2, 0) is 0 Å². The number of hydrogen-bond donors (Lipinski definition) is 0. The molecule has 2 heteroatoms. The first-order valence-electron chi connectivity index (χ1n) is 7.76. The van der Waals surface area contributed by atoms with Crippen LogP contribution in [0.15, 0.2) is 24.3 Å². The van der Waals surface area contributed by atoms with Crippen molar-refractivity contribution in [2.75, 3.05) is 26.2 Å².